The van der Waals surface area contributed by atoms with Crippen molar-refractivity contribution >= 4 is 22.7 Å². The fourth-order valence-corrected chi connectivity index (χ4v) is 5.66. The first-order valence-corrected chi connectivity index (χ1v) is 14.6. The molecule has 0 amide bonds. The maximum atomic E-state index is 13.2. The van der Waals surface area contributed by atoms with Crippen LogP contribution in [0.15, 0.2) is 36.5 Å². The van der Waals surface area contributed by atoms with Gasteiger partial charge >= 0.3 is 5.97 Å². The van der Waals surface area contributed by atoms with Gasteiger partial charge in [0.25, 0.3) is 0 Å². The number of carbonyl (C=O) groups is 1. The first kappa shape index (κ1) is 27.6. The van der Waals surface area contributed by atoms with Crippen LogP contribution in [0.3, 0.4) is 0 Å². The second-order valence-corrected chi connectivity index (χ2v) is 11.8. The van der Waals surface area contributed by atoms with E-state index in [0.29, 0.717) is 6.61 Å². The predicted octanol–water partition coefficient (Wildman–Crippen LogP) is 5.26. The van der Waals surface area contributed by atoms with Crippen LogP contribution in [0.2, 0.25) is 0 Å². The summed E-state index contributed by atoms with van der Waals surface area (Å²) >= 11 is 0. The van der Waals surface area contributed by atoms with Gasteiger partial charge in [-0.25, -0.2) is 9.78 Å². The smallest absolute Gasteiger partial charge is 0.328 e. The maximum Gasteiger partial charge on any atom is 0.328 e. The molecule has 1 fully saturated rings. The summed E-state index contributed by atoms with van der Waals surface area (Å²) in [6.07, 6.45) is 8.61. The Morgan fingerprint density at radius 3 is 2.79 bits per heavy atom. The van der Waals surface area contributed by atoms with Crippen LogP contribution >= 0.6 is 0 Å². The molecule has 1 N–H and O–H groups in total. The Balaban J connectivity index is 1.13. The number of aromatic nitrogens is 3. The molecule has 4 heterocycles. The average molecular weight is 534 g/mol. The molecule has 0 saturated carbocycles. The van der Waals surface area contributed by atoms with Crippen LogP contribution in [0.5, 0.6) is 0 Å². The highest BCUT2D eigenvalue weighted by molar-refractivity contribution is 5.89. The lowest BCUT2D eigenvalue weighted by Crippen LogP contribution is -2.55. The number of fused-ring (bicyclic) bond motifs is 2. The normalized spacial score (nSPS) is 16.9. The molecule has 1 saturated heterocycles. The van der Waals surface area contributed by atoms with E-state index in [2.05, 4.69) is 54.3 Å². The molecule has 2 aliphatic heterocycles. The van der Waals surface area contributed by atoms with Crippen molar-refractivity contribution in [2.45, 2.75) is 83.9 Å². The van der Waals surface area contributed by atoms with Crippen LogP contribution in [0.25, 0.3) is 10.9 Å². The third-order valence-electron chi connectivity index (χ3n) is 7.69. The Hall–Kier alpha value is -2.97. The summed E-state index contributed by atoms with van der Waals surface area (Å²) in [5.74, 6) is 0.868. The van der Waals surface area contributed by atoms with Crippen LogP contribution in [0.1, 0.15) is 76.2 Å². The van der Waals surface area contributed by atoms with Crippen molar-refractivity contribution in [3.8, 4) is 0 Å². The number of aryl methyl sites for hydroxylation is 2. The number of benzene rings is 1. The SMILES string of the molecule is CCOC(=O)C(c1cccc2cnn(C(C)(C)C)c12)N1CC(OCCCCCc2ccc3c(n2)NCCC3)C1. The first-order valence-electron chi connectivity index (χ1n) is 14.6. The Labute approximate surface area is 232 Å². The Bertz CT molecular complexity index is 1270. The second-order valence-electron chi connectivity index (χ2n) is 11.8. The third-order valence-corrected chi connectivity index (χ3v) is 7.69. The monoisotopic (exact) mass is 533 g/mol. The number of nitrogens with zero attached hydrogens (tertiary/aromatic N) is 4. The Morgan fingerprint density at radius 1 is 1.15 bits per heavy atom. The van der Waals surface area contributed by atoms with Gasteiger partial charge in [-0.2, -0.15) is 5.10 Å². The number of hydrogen-bond acceptors (Lipinski definition) is 7. The molecule has 5 rings (SSSR count). The van der Waals surface area contributed by atoms with Gasteiger partial charge in [-0.3, -0.25) is 9.58 Å². The minimum atomic E-state index is -0.468. The average Bonchev–Trinajstić information content (AvgIpc) is 3.34. The Kier molecular flexibility index (Phi) is 8.52. The number of unbranched alkanes of at least 4 members (excludes halogenated alkanes) is 2. The van der Waals surface area contributed by atoms with Crippen molar-refractivity contribution in [2.24, 2.45) is 0 Å². The van der Waals surface area contributed by atoms with Crippen LogP contribution < -0.4 is 5.32 Å². The quantitative estimate of drug-likeness (QED) is 0.266. The number of esters is 1. The second kappa shape index (κ2) is 12.0. The molecule has 0 spiro atoms. The fraction of sp³-hybridized carbons (Fsp3) is 0.581. The van der Waals surface area contributed by atoms with Gasteiger partial charge < -0.3 is 14.8 Å². The topological polar surface area (TPSA) is 81.5 Å². The zero-order valence-corrected chi connectivity index (χ0v) is 23.9. The number of rotatable bonds is 11. The zero-order valence-electron chi connectivity index (χ0n) is 23.9. The lowest BCUT2D eigenvalue weighted by molar-refractivity contribution is -0.156. The van der Waals surface area contributed by atoms with Gasteiger partial charge in [0.05, 0.1) is 30.0 Å². The molecule has 210 valence electrons. The van der Waals surface area contributed by atoms with E-state index < -0.39 is 6.04 Å². The molecular formula is C31H43N5O3. The van der Waals surface area contributed by atoms with Crippen LogP contribution in [0.4, 0.5) is 5.82 Å². The number of pyridine rings is 1. The number of likely N-dealkylation sites (tertiary alicyclic amines) is 1. The van der Waals surface area contributed by atoms with Crippen molar-refractivity contribution in [3.05, 3.63) is 53.3 Å². The summed E-state index contributed by atoms with van der Waals surface area (Å²) in [4.78, 5) is 20.2. The Morgan fingerprint density at radius 2 is 2.00 bits per heavy atom. The highest BCUT2D eigenvalue weighted by atomic mass is 16.5. The molecular weight excluding hydrogens is 490 g/mol. The van der Waals surface area contributed by atoms with E-state index in [1.807, 2.05) is 29.9 Å². The standard InChI is InChI=1S/C31H43N5O3/c1-5-38-30(37)28(26-14-9-11-23-19-33-36(27(23)26)31(2,3)4)35-20-25(21-35)39-18-8-6-7-13-24-16-15-22-12-10-17-32-29(22)34-24/h9,11,14-16,19,25,28H,5-8,10,12-13,17-18,20-21H2,1-4H3,(H,32,34). The molecule has 8 heteroatoms. The molecule has 3 aromatic rings. The van der Waals surface area contributed by atoms with Crippen molar-refractivity contribution in [2.75, 3.05) is 38.2 Å². The molecule has 0 aliphatic carbocycles. The maximum absolute atomic E-state index is 13.2. The summed E-state index contributed by atoms with van der Waals surface area (Å²) in [5.41, 5.74) is 4.26. The molecule has 1 unspecified atom stereocenters. The minimum Gasteiger partial charge on any atom is -0.465 e. The number of ether oxygens (including phenoxy) is 2. The molecule has 39 heavy (non-hydrogen) atoms. The number of hydrogen-bond donors (Lipinski definition) is 1. The van der Waals surface area contributed by atoms with Gasteiger partial charge in [0.2, 0.25) is 0 Å². The first-order chi connectivity index (χ1) is 18.8. The van der Waals surface area contributed by atoms with E-state index in [0.717, 1.165) is 80.6 Å². The number of para-hydroxylation sites is 1. The van der Waals surface area contributed by atoms with E-state index in [4.69, 9.17) is 14.5 Å². The van der Waals surface area contributed by atoms with E-state index >= 15 is 0 Å². The summed E-state index contributed by atoms with van der Waals surface area (Å²) < 4.78 is 13.7. The molecule has 2 aliphatic rings. The number of anilines is 1. The largest absolute Gasteiger partial charge is 0.465 e. The highest BCUT2D eigenvalue weighted by Gasteiger charge is 2.40. The lowest BCUT2D eigenvalue weighted by atomic mass is 9.97. The third kappa shape index (κ3) is 6.28. The highest BCUT2D eigenvalue weighted by Crippen LogP contribution is 2.35. The van der Waals surface area contributed by atoms with Crippen LogP contribution in [-0.4, -0.2) is 64.6 Å². The van der Waals surface area contributed by atoms with Gasteiger partial charge in [0, 0.05) is 42.9 Å². The van der Waals surface area contributed by atoms with E-state index in [-0.39, 0.29) is 17.6 Å². The van der Waals surface area contributed by atoms with E-state index in [9.17, 15) is 4.79 Å². The minimum absolute atomic E-state index is 0.141. The van der Waals surface area contributed by atoms with E-state index in [1.54, 1.807) is 0 Å². The van der Waals surface area contributed by atoms with Gasteiger partial charge in [0.1, 0.15) is 11.9 Å². The van der Waals surface area contributed by atoms with Crippen LogP contribution in [-0.2, 0) is 32.6 Å². The fourth-order valence-electron chi connectivity index (χ4n) is 5.66. The van der Waals surface area contributed by atoms with Crippen molar-refractivity contribution < 1.29 is 14.3 Å². The molecule has 8 nitrogen and oxygen atoms in total. The summed E-state index contributed by atoms with van der Waals surface area (Å²) in [7, 11) is 0. The van der Waals surface area contributed by atoms with Crippen molar-refractivity contribution in [1.82, 2.24) is 19.7 Å². The van der Waals surface area contributed by atoms with Gasteiger partial charge in [-0.1, -0.05) is 30.7 Å². The summed E-state index contributed by atoms with van der Waals surface area (Å²) in [5, 5.41) is 9.11. The van der Waals surface area contributed by atoms with Gasteiger partial charge in [0.15, 0.2) is 0 Å². The van der Waals surface area contributed by atoms with Crippen molar-refractivity contribution in [3.63, 3.8) is 0 Å². The number of carbonyl (C=O) groups excluding carboxylic acids is 1. The van der Waals surface area contributed by atoms with Crippen LogP contribution in [0, 0.1) is 0 Å². The number of nitrogens with one attached hydrogen (secondary N) is 1. The summed E-state index contributed by atoms with van der Waals surface area (Å²) in [6.45, 7) is 11.8. The molecule has 1 atom stereocenters. The molecule has 2 aromatic heterocycles. The van der Waals surface area contributed by atoms with Gasteiger partial charge in [-0.15, -0.1) is 0 Å². The zero-order chi connectivity index (χ0) is 27.4. The lowest BCUT2D eigenvalue weighted by Gasteiger charge is -2.43. The molecule has 0 radical (unpaired) electrons. The van der Waals surface area contributed by atoms with E-state index in [1.165, 1.54) is 17.7 Å². The molecule has 1 aromatic carbocycles. The van der Waals surface area contributed by atoms with Crippen molar-refractivity contribution in [1.29, 1.82) is 0 Å². The summed E-state index contributed by atoms with van der Waals surface area (Å²) in [6, 6.07) is 10.0. The predicted molar refractivity (Wildman–Crippen MR) is 154 cm³/mol. The van der Waals surface area contributed by atoms with Gasteiger partial charge in [-0.05, 0) is 71.4 Å². The molecule has 0 bridgehead atoms.